The summed E-state index contributed by atoms with van der Waals surface area (Å²) in [5, 5.41) is 21.6. The van der Waals surface area contributed by atoms with Crippen LogP contribution in [0.1, 0.15) is 42.3 Å². The van der Waals surface area contributed by atoms with E-state index < -0.39 is 29.2 Å². The van der Waals surface area contributed by atoms with Gasteiger partial charge in [0.2, 0.25) is 5.91 Å². The van der Waals surface area contributed by atoms with E-state index in [1.54, 1.807) is 13.8 Å². The molecule has 2 heterocycles. The largest absolute Gasteiger partial charge is 0.859 e. The molecule has 1 aliphatic heterocycles. The minimum Gasteiger partial charge on any atom is -0.859 e. The van der Waals surface area contributed by atoms with Crippen molar-refractivity contribution in [2.75, 3.05) is 6.54 Å². The lowest BCUT2D eigenvalue weighted by Crippen LogP contribution is -2.42. The Kier molecular flexibility index (Phi) is 7.33. The smallest absolute Gasteiger partial charge is 0.271 e. The van der Waals surface area contributed by atoms with Crippen LogP contribution in [-0.2, 0) is 16.1 Å². The number of likely N-dealkylation sites (N-methyl/N-ethyl adjacent to an activating group) is 1. The van der Waals surface area contributed by atoms with Crippen LogP contribution in [0.25, 0.3) is 6.08 Å². The van der Waals surface area contributed by atoms with Gasteiger partial charge in [0.05, 0.1) is 5.56 Å². The average Bonchev–Trinajstić information content (AvgIpc) is 2.72. The van der Waals surface area contributed by atoms with E-state index in [1.807, 2.05) is 6.07 Å². The van der Waals surface area contributed by atoms with E-state index in [2.05, 4.69) is 0 Å². The van der Waals surface area contributed by atoms with E-state index in [9.17, 15) is 29.5 Å². The minimum atomic E-state index is -0.911. The van der Waals surface area contributed by atoms with Gasteiger partial charge < -0.3 is 15.4 Å². The molecular formula is C23H23N4O5-. The maximum atomic E-state index is 12.6. The first-order chi connectivity index (χ1) is 15.1. The van der Waals surface area contributed by atoms with Gasteiger partial charge in [-0.1, -0.05) is 18.2 Å². The molecule has 0 unspecified atom stereocenters. The molecule has 9 heteroatoms. The summed E-state index contributed by atoms with van der Waals surface area (Å²) in [6.45, 7) is 6.48. The lowest BCUT2D eigenvalue weighted by atomic mass is 9.95. The van der Waals surface area contributed by atoms with Crippen LogP contribution in [0, 0.1) is 18.3 Å². The Hall–Kier alpha value is -4.19. The molecule has 0 bridgehead atoms. The highest BCUT2D eigenvalue weighted by atomic mass is 16.3. The van der Waals surface area contributed by atoms with E-state index >= 15 is 0 Å². The number of imide groups is 1. The van der Waals surface area contributed by atoms with Crippen molar-refractivity contribution >= 4 is 23.8 Å². The molecule has 0 spiro atoms. The number of nitrogens with two attached hydrogens (primary N) is 1. The third-order valence-electron chi connectivity index (χ3n) is 5.17. The molecule has 0 saturated heterocycles. The molecule has 1 aromatic rings. The summed E-state index contributed by atoms with van der Waals surface area (Å²) in [6, 6.07) is 1.84. The van der Waals surface area contributed by atoms with Crippen LogP contribution >= 0.6 is 0 Å². The van der Waals surface area contributed by atoms with Crippen LogP contribution in [0.2, 0.25) is 0 Å². The second-order valence-corrected chi connectivity index (χ2v) is 6.92. The van der Waals surface area contributed by atoms with Crippen molar-refractivity contribution in [3.63, 3.8) is 0 Å². The van der Waals surface area contributed by atoms with Crippen molar-refractivity contribution in [3.8, 4) is 11.9 Å². The standard InChI is InChI=1S/C23H24N4O5/c1-5-26-20(29)15(13(3)17(12-24)22(26)31)10-8-7-9-11-16-14(4)18(19(25)28)23(32)27(6-2)21(16)30/h7-11,32H,5-6H2,1-4H3,(H2,25,28)/p-1/b8-7?,11-9?,15-10-. The number of primary amides is 1. The van der Waals surface area contributed by atoms with Gasteiger partial charge in [-0.2, -0.15) is 5.26 Å². The predicted molar refractivity (Wildman–Crippen MR) is 116 cm³/mol. The predicted octanol–water partition coefficient (Wildman–Crippen LogP) is 1.07. The van der Waals surface area contributed by atoms with Crippen LogP contribution in [-0.4, -0.2) is 33.7 Å². The summed E-state index contributed by atoms with van der Waals surface area (Å²) in [7, 11) is 0. The van der Waals surface area contributed by atoms with E-state index in [0.29, 0.717) is 5.57 Å². The third-order valence-corrected chi connectivity index (χ3v) is 5.17. The first kappa shape index (κ1) is 24.1. The van der Waals surface area contributed by atoms with Gasteiger partial charge in [-0.05, 0) is 56.9 Å². The number of aromatic nitrogens is 1. The van der Waals surface area contributed by atoms with Crippen molar-refractivity contribution in [1.29, 1.82) is 5.26 Å². The second kappa shape index (κ2) is 9.75. The topological polar surface area (TPSA) is 149 Å². The molecule has 166 valence electrons. The van der Waals surface area contributed by atoms with Crippen LogP contribution in [0.15, 0.2) is 45.8 Å². The minimum absolute atomic E-state index is 0.0859. The SMILES string of the molecule is CCN1C(=O)C(C#N)=C(C)/C(=C/C=CC=Cc2c(C)c(C(N)=O)c([O-])n(CC)c2=O)C1=O. The Morgan fingerprint density at radius 3 is 2.28 bits per heavy atom. The molecule has 3 amide bonds. The summed E-state index contributed by atoms with van der Waals surface area (Å²) in [5.74, 6) is -2.75. The number of nitrogens with zero attached hydrogens (tertiary/aromatic N) is 3. The molecule has 0 radical (unpaired) electrons. The van der Waals surface area contributed by atoms with Crippen molar-refractivity contribution in [3.05, 3.63) is 68.1 Å². The summed E-state index contributed by atoms with van der Waals surface area (Å²) in [4.78, 5) is 50.0. The molecular weight excluding hydrogens is 412 g/mol. The Morgan fingerprint density at radius 1 is 1.09 bits per heavy atom. The first-order valence-electron chi connectivity index (χ1n) is 9.88. The zero-order valence-corrected chi connectivity index (χ0v) is 18.3. The van der Waals surface area contributed by atoms with E-state index in [1.165, 1.54) is 44.2 Å². The molecule has 0 aromatic carbocycles. The summed E-state index contributed by atoms with van der Waals surface area (Å²) < 4.78 is 0.938. The van der Waals surface area contributed by atoms with Crippen LogP contribution in [0.3, 0.4) is 0 Å². The van der Waals surface area contributed by atoms with Crippen molar-refractivity contribution in [1.82, 2.24) is 9.47 Å². The van der Waals surface area contributed by atoms with Gasteiger partial charge in [0, 0.05) is 24.2 Å². The summed E-state index contributed by atoms with van der Waals surface area (Å²) in [6.07, 6.45) is 7.49. The van der Waals surface area contributed by atoms with E-state index in [0.717, 1.165) is 9.47 Å². The molecule has 2 N–H and O–H groups in total. The molecule has 0 fully saturated rings. The number of carbonyl (C=O) groups is 3. The number of hydrogen-bond donors (Lipinski definition) is 1. The summed E-state index contributed by atoms with van der Waals surface area (Å²) >= 11 is 0. The van der Waals surface area contributed by atoms with Gasteiger partial charge in [0.15, 0.2) is 0 Å². The Morgan fingerprint density at radius 2 is 1.75 bits per heavy atom. The molecule has 1 aromatic heterocycles. The number of nitriles is 1. The van der Waals surface area contributed by atoms with Gasteiger partial charge in [-0.25, -0.2) is 0 Å². The van der Waals surface area contributed by atoms with Crippen molar-refractivity contribution in [2.24, 2.45) is 5.73 Å². The van der Waals surface area contributed by atoms with Gasteiger partial charge in [-0.15, -0.1) is 0 Å². The number of amides is 3. The van der Waals surface area contributed by atoms with Crippen molar-refractivity contribution < 1.29 is 19.5 Å². The third kappa shape index (κ3) is 4.16. The quantitative estimate of drug-likeness (QED) is 0.401. The zero-order chi connectivity index (χ0) is 24.2. The normalized spacial score (nSPS) is 16.0. The first-order valence-corrected chi connectivity index (χ1v) is 9.88. The van der Waals surface area contributed by atoms with Crippen LogP contribution in [0.5, 0.6) is 5.88 Å². The zero-order valence-electron chi connectivity index (χ0n) is 18.3. The lowest BCUT2D eigenvalue weighted by molar-refractivity contribution is -0.280. The Bertz CT molecular complexity index is 1220. The van der Waals surface area contributed by atoms with E-state index in [4.69, 9.17) is 5.73 Å². The van der Waals surface area contributed by atoms with Crippen LogP contribution in [0.4, 0.5) is 0 Å². The fourth-order valence-electron chi connectivity index (χ4n) is 3.41. The number of carbonyl (C=O) groups excluding carboxylic acids is 3. The maximum absolute atomic E-state index is 12.6. The molecule has 32 heavy (non-hydrogen) atoms. The number of allylic oxidation sites excluding steroid dienone is 4. The monoisotopic (exact) mass is 435 g/mol. The average molecular weight is 435 g/mol. The fourth-order valence-corrected chi connectivity index (χ4v) is 3.41. The van der Waals surface area contributed by atoms with Crippen LogP contribution < -0.4 is 16.4 Å². The Labute approximate surface area is 185 Å². The van der Waals surface area contributed by atoms with Crippen molar-refractivity contribution in [2.45, 2.75) is 34.2 Å². The van der Waals surface area contributed by atoms with E-state index in [-0.39, 0.29) is 40.9 Å². The summed E-state index contributed by atoms with van der Waals surface area (Å²) in [5.41, 5.74) is 5.29. The molecule has 9 nitrogen and oxygen atoms in total. The molecule has 1 aliphatic rings. The highest BCUT2D eigenvalue weighted by molar-refractivity contribution is 6.18. The van der Waals surface area contributed by atoms with Gasteiger partial charge >= 0.3 is 0 Å². The number of hydrogen-bond acceptors (Lipinski definition) is 6. The molecule has 2 rings (SSSR count). The van der Waals surface area contributed by atoms with Gasteiger partial charge in [0.25, 0.3) is 17.4 Å². The highest BCUT2D eigenvalue weighted by Gasteiger charge is 2.33. The fraction of sp³-hybridized carbons (Fsp3) is 0.261. The van der Waals surface area contributed by atoms with Gasteiger partial charge in [0.1, 0.15) is 11.6 Å². The molecule has 0 saturated carbocycles. The maximum Gasteiger partial charge on any atom is 0.271 e. The number of rotatable bonds is 6. The second-order valence-electron chi connectivity index (χ2n) is 6.92. The Balaban J connectivity index is 2.45. The molecule has 0 atom stereocenters. The molecule has 0 aliphatic carbocycles. The highest BCUT2D eigenvalue weighted by Crippen LogP contribution is 2.25. The van der Waals surface area contributed by atoms with Gasteiger partial charge in [-0.3, -0.25) is 24.1 Å². The lowest BCUT2D eigenvalue weighted by Gasteiger charge is -2.25. The number of pyridine rings is 1.